The standard InChI is InChI=1S/C12H17FN2O5/c1-19-12-9(11(18)10(17)6(5-16)20-12)15-8-4-2-3-7(13)14-8/h2-4,6,9-12,16-18H,5H2,1H3,(H,14,15)/t6-,9+,10+,11-,12-/m1/s1. The number of halogens is 1. The van der Waals surface area contributed by atoms with Crippen molar-refractivity contribution < 1.29 is 29.2 Å². The number of hydrogen-bond donors (Lipinski definition) is 4. The van der Waals surface area contributed by atoms with Crippen LogP contribution in [0.5, 0.6) is 0 Å². The summed E-state index contributed by atoms with van der Waals surface area (Å²) in [5.41, 5.74) is 0. The summed E-state index contributed by atoms with van der Waals surface area (Å²) in [6, 6.07) is 3.29. The monoisotopic (exact) mass is 288 g/mol. The molecule has 1 aromatic rings. The molecular formula is C12H17FN2O5. The topological polar surface area (TPSA) is 104 Å². The number of aliphatic hydroxyl groups is 3. The zero-order valence-corrected chi connectivity index (χ0v) is 10.8. The van der Waals surface area contributed by atoms with Crippen molar-refractivity contribution in [3.63, 3.8) is 0 Å². The Morgan fingerprint density at radius 2 is 2.15 bits per heavy atom. The summed E-state index contributed by atoms with van der Waals surface area (Å²) >= 11 is 0. The van der Waals surface area contributed by atoms with E-state index >= 15 is 0 Å². The summed E-state index contributed by atoms with van der Waals surface area (Å²) < 4.78 is 23.4. The van der Waals surface area contributed by atoms with Crippen LogP contribution >= 0.6 is 0 Å². The maximum absolute atomic E-state index is 13.0. The minimum atomic E-state index is -1.29. The molecule has 20 heavy (non-hydrogen) atoms. The molecule has 1 fully saturated rings. The van der Waals surface area contributed by atoms with Crippen molar-refractivity contribution in [1.29, 1.82) is 0 Å². The number of ether oxygens (including phenoxy) is 2. The van der Waals surface area contributed by atoms with Crippen LogP contribution in [0.2, 0.25) is 0 Å². The Kier molecular flexibility index (Phi) is 4.84. The molecule has 0 saturated carbocycles. The molecule has 0 unspecified atom stereocenters. The van der Waals surface area contributed by atoms with Gasteiger partial charge in [-0.05, 0) is 12.1 Å². The molecule has 0 spiro atoms. The second-order valence-corrected chi connectivity index (χ2v) is 4.46. The van der Waals surface area contributed by atoms with E-state index in [1.165, 1.54) is 25.3 Å². The van der Waals surface area contributed by atoms with Crippen LogP contribution in [-0.2, 0) is 9.47 Å². The fraction of sp³-hybridized carbons (Fsp3) is 0.583. The summed E-state index contributed by atoms with van der Waals surface area (Å²) in [6.07, 6.45) is -4.43. The van der Waals surface area contributed by atoms with Crippen molar-refractivity contribution in [2.45, 2.75) is 30.6 Å². The molecule has 8 heteroatoms. The van der Waals surface area contributed by atoms with Crippen LogP contribution in [0.3, 0.4) is 0 Å². The molecule has 2 rings (SSSR count). The van der Waals surface area contributed by atoms with Crippen molar-refractivity contribution in [3.8, 4) is 0 Å². The highest BCUT2D eigenvalue weighted by Crippen LogP contribution is 2.24. The van der Waals surface area contributed by atoms with Gasteiger partial charge in [-0.2, -0.15) is 4.39 Å². The third kappa shape index (κ3) is 3.05. The van der Waals surface area contributed by atoms with E-state index in [1.54, 1.807) is 0 Å². The molecule has 112 valence electrons. The van der Waals surface area contributed by atoms with Crippen LogP contribution in [0.25, 0.3) is 0 Å². The van der Waals surface area contributed by atoms with E-state index < -0.39 is 43.2 Å². The van der Waals surface area contributed by atoms with E-state index in [-0.39, 0.29) is 5.82 Å². The number of nitrogens with one attached hydrogen (secondary N) is 1. The van der Waals surface area contributed by atoms with E-state index in [1.807, 2.05) is 0 Å². The van der Waals surface area contributed by atoms with Gasteiger partial charge < -0.3 is 30.1 Å². The lowest BCUT2D eigenvalue weighted by Gasteiger charge is -2.41. The molecule has 1 aromatic heterocycles. The van der Waals surface area contributed by atoms with Gasteiger partial charge in [-0.3, -0.25) is 0 Å². The number of nitrogens with zero attached hydrogens (tertiary/aromatic N) is 1. The minimum Gasteiger partial charge on any atom is -0.394 e. The molecule has 2 heterocycles. The van der Waals surface area contributed by atoms with E-state index in [4.69, 9.17) is 14.6 Å². The average Bonchev–Trinajstić information content (AvgIpc) is 2.44. The Hall–Kier alpha value is -1.32. The lowest BCUT2D eigenvalue weighted by molar-refractivity contribution is -0.254. The number of hydrogen-bond acceptors (Lipinski definition) is 7. The van der Waals surface area contributed by atoms with Gasteiger partial charge in [0.15, 0.2) is 6.29 Å². The van der Waals surface area contributed by atoms with Gasteiger partial charge in [0.2, 0.25) is 5.95 Å². The Balaban J connectivity index is 2.15. The number of anilines is 1. The van der Waals surface area contributed by atoms with Crippen LogP contribution < -0.4 is 5.32 Å². The normalized spacial score (nSPS) is 34.0. The second-order valence-electron chi connectivity index (χ2n) is 4.46. The molecule has 5 atom stereocenters. The van der Waals surface area contributed by atoms with Gasteiger partial charge in [0.05, 0.1) is 6.61 Å². The Labute approximate surface area is 115 Å². The van der Waals surface area contributed by atoms with Crippen LogP contribution in [0.1, 0.15) is 0 Å². The largest absolute Gasteiger partial charge is 0.394 e. The van der Waals surface area contributed by atoms with E-state index in [0.29, 0.717) is 0 Å². The zero-order chi connectivity index (χ0) is 14.7. The lowest BCUT2D eigenvalue weighted by atomic mass is 9.97. The predicted octanol–water partition coefficient (Wildman–Crippen LogP) is -0.913. The highest BCUT2D eigenvalue weighted by molar-refractivity contribution is 5.36. The summed E-state index contributed by atoms with van der Waals surface area (Å²) in [4.78, 5) is 3.60. The molecule has 0 aliphatic carbocycles. The molecule has 7 nitrogen and oxygen atoms in total. The van der Waals surface area contributed by atoms with Crippen LogP contribution in [0, 0.1) is 5.95 Å². The van der Waals surface area contributed by atoms with Crippen molar-refractivity contribution in [1.82, 2.24) is 4.98 Å². The van der Waals surface area contributed by atoms with Gasteiger partial charge >= 0.3 is 0 Å². The summed E-state index contributed by atoms with van der Waals surface area (Å²) in [5.74, 6) is -0.502. The second kappa shape index (κ2) is 6.42. The number of rotatable bonds is 4. The van der Waals surface area contributed by atoms with Crippen molar-refractivity contribution in [2.75, 3.05) is 19.0 Å². The quantitative estimate of drug-likeness (QED) is 0.532. The minimum absolute atomic E-state index is 0.175. The molecule has 0 amide bonds. The van der Waals surface area contributed by atoms with E-state index in [2.05, 4.69) is 10.3 Å². The predicted molar refractivity (Wildman–Crippen MR) is 66.4 cm³/mol. The SMILES string of the molecule is CO[C@@H]1O[C@H](CO)[C@H](O)[C@H](O)[C@@H]1Nc1cccc(F)n1. The van der Waals surface area contributed by atoms with Crippen molar-refractivity contribution in [3.05, 3.63) is 24.1 Å². The van der Waals surface area contributed by atoms with Gasteiger partial charge in [0.25, 0.3) is 0 Å². The molecule has 0 bridgehead atoms. The highest BCUT2D eigenvalue weighted by Gasteiger charge is 2.44. The van der Waals surface area contributed by atoms with Gasteiger partial charge in [0, 0.05) is 7.11 Å². The first kappa shape index (κ1) is 15.1. The van der Waals surface area contributed by atoms with Gasteiger partial charge in [-0.15, -0.1) is 0 Å². The first-order chi connectivity index (χ1) is 9.56. The number of methoxy groups -OCH3 is 1. The summed E-state index contributed by atoms with van der Waals surface area (Å²) in [7, 11) is 1.36. The molecule has 1 aliphatic heterocycles. The fourth-order valence-corrected chi connectivity index (χ4v) is 2.10. The van der Waals surface area contributed by atoms with Gasteiger partial charge in [-0.25, -0.2) is 4.98 Å². The molecule has 0 radical (unpaired) electrons. The Morgan fingerprint density at radius 3 is 2.75 bits per heavy atom. The molecular weight excluding hydrogens is 271 g/mol. The van der Waals surface area contributed by atoms with Gasteiger partial charge in [-0.1, -0.05) is 6.07 Å². The Bertz CT molecular complexity index is 448. The fourth-order valence-electron chi connectivity index (χ4n) is 2.10. The summed E-state index contributed by atoms with van der Waals surface area (Å²) in [5, 5.41) is 31.7. The third-order valence-electron chi connectivity index (χ3n) is 3.14. The maximum atomic E-state index is 13.0. The maximum Gasteiger partial charge on any atom is 0.214 e. The molecule has 1 aliphatic rings. The number of aliphatic hydroxyl groups excluding tert-OH is 3. The number of pyridine rings is 1. The molecule has 4 N–H and O–H groups in total. The highest BCUT2D eigenvalue weighted by atomic mass is 19.1. The van der Waals surface area contributed by atoms with E-state index in [0.717, 1.165) is 0 Å². The van der Waals surface area contributed by atoms with Crippen molar-refractivity contribution >= 4 is 5.82 Å². The van der Waals surface area contributed by atoms with Crippen molar-refractivity contribution in [2.24, 2.45) is 0 Å². The summed E-state index contributed by atoms with van der Waals surface area (Å²) in [6.45, 7) is -0.455. The average molecular weight is 288 g/mol. The lowest BCUT2D eigenvalue weighted by Crippen LogP contribution is -2.61. The number of aromatic nitrogens is 1. The molecule has 0 aromatic carbocycles. The first-order valence-corrected chi connectivity index (χ1v) is 6.11. The first-order valence-electron chi connectivity index (χ1n) is 6.11. The smallest absolute Gasteiger partial charge is 0.214 e. The van der Waals surface area contributed by atoms with E-state index in [9.17, 15) is 14.6 Å². The van der Waals surface area contributed by atoms with Gasteiger partial charge in [0.1, 0.15) is 30.2 Å². The zero-order valence-electron chi connectivity index (χ0n) is 10.8. The van der Waals surface area contributed by atoms with Crippen LogP contribution in [0.4, 0.5) is 10.2 Å². The van der Waals surface area contributed by atoms with Crippen LogP contribution in [-0.4, -0.2) is 64.7 Å². The Morgan fingerprint density at radius 1 is 1.40 bits per heavy atom. The van der Waals surface area contributed by atoms with Crippen LogP contribution in [0.15, 0.2) is 18.2 Å². The molecule has 1 saturated heterocycles. The third-order valence-corrected chi connectivity index (χ3v) is 3.14.